The van der Waals surface area contributed by atoms with Gasteiger partial charge in [0.2, 0.25) is 0 Å². The van der Waals surface area contributed by atoms with Crippen LogP contribution < -0.4 is 4.74 Å². The van der Waals surface area contributed by atoms with Crippen LogP contribution in [0.1, 0.15) is 28.1 Å². The number of benzene rings is 1. The van der Waals surface area contributed by atoms with Crippen LogP contribution in [0.15, 0.2) is 29.6 Å². The van der Waals surface area contributed by atoms with E-state index in [4.69, 9.17) is 4.74 Å². The van der Waals surface area contributed by atoms with Gasteiger partial charge in [0.25, 0.3) is 0 Å². The van der Waals surface area contributed by atoms with E-state index in [9.17, 15) is 13.2 Å². The first-order valence-corrected chi connectivity index (χ1v) is 8.29. The van der Waals surface area contributed by atoms with Gasteiger partial charge in [-0.05, 0) is 55.3 Å². The van der Waals surface area contributed by atoms with Crippen LogP contribution in [0, 0.1) is 20.8 Å². The van der Waals surface area contributed by atoms with Gasteiger partial charge in [-0.3, -0.25) is 0 Å². The van der Waals surface area contributed by atoms with E-state index in [1.807, 2.05) is 25.3 Å². The summed E-state index contributed by atoms with van der Waals surface area (Å²) in [6.07, 6.45) is -4.43. The Bertz CT molecular complexity index is 899. The van der Waals surface area contributed by atoms with Gasteiger partial charge in [0.1, 0.15) is 18.1 Å². The second-order valence-corrected chi connectivity index (χ2v) is 6.62. The van der Waals surface area contributed by atoms with Crippen LogP contribution in [0.2, 0.25) is 0 Å². The molecule has 0 atom stereocenters. The van der Waals surface area contributed by atoms with E-state index in [2.05, 4.69) is 11.1 Å². The van der Waals surface area contributed by atoms with E-state index in [1.54, 1.807) is 18.3 Å². The number of aromatic nitrogens is 1. The molecule has 2 heterocycles. The van der Waals surface area contributed by atoms with Crippen molar-refractivity contribution in [1.29, 1.82) is 0 Å². The summed E-state index contributed by atoms with van der Waals surface area (Å²) in [6.45, 7) is 5.76. The zero-order valence-corrected chi connectivity index (χ0v) is 14.3. The molecule has 0 aliphatic rings. The minimum Gasteiger partial charge on any atom is -0.489 e. The van der Waals surface area contributed by atoms with E-state index >= 15 is 0 Å². The first-order valence-electron chi connectivity index (χ1n) is 7.41. The molecule has 0 amide bonds. The predicted octanol–water partition coefficient (Wildman–Crippen LogP) is 5.82. The minimum atomic E-state index is -4.43. The molecule has 3 aromatic rings. The molecule has 0 radical (unpaired) electrons. The number of pyridine rings is 1. The Kier molecular flexibility index (Phi) is 4.25. The molecule has 0 N–H and O–H groups in total. The van der Waals surface area contributed by atoms with E-state index in [-0.39, 0.29) is 6.61 Å². The fourth-order valence-electron chi connectivity index (χ4n) is 2.61. The first-order chi connectivity index (χ1) is 11.3. The lowest BCUT2D eigenvalue weighted by Gasteiger charge is -2.14. The monoisotopic (exact) mass is 351 g/mol. The second-order valence-electron chi connectivity index (χ2n) is 5.71. The molecule has 0 unspecified atom stereocenters. The number of alkyl halides is 3. The second kappa shape index (κ2) is 6.09. The number of hydrogen-bond donors (Lipinski definition) is 0. The summed E-state index contributed by atoms with van der Waals surface area (Å²) in [4.78, 5) is 3.64. The van der Waals surface area contributed by atoms with Crippen molar-refractivity contribution in [3.05, 3.63) is 57.7 Å². The maximum Gasteiger partial charge on any atom is 0.433 e. The number of rotatable bonds is 3. The Morgan fingerprint density at radius 3 is 2.54 bits per heavy atom. The lowest BCUT2D eigenvalue weighted by Crippen LogP contribution is -2.10. The Hall–Kier alpha value is -2.08. The van der Waals surface area contributed by atoms with Crippen LogP contribution in [0.5, 0.6) is 5.75 Å². The number of hydrogen-bond acceptors (Lipinski definition) is 3. The van der Waals surface area contributed by atoms with Crippen molar-refractivity contribution in [2.45, 2.75) is 33.6 Å². The number of halogens is 3. The van der Waals surface area contributed by atoms with Gasteiger partial charge in [-0.1, -0.05) is 6.07 Å². The van der Waals surface area contributed by atoms with Crippen LogP contribution in [0.3, 0.4) is 0 Å². The molecule has 0 bridgehead atoms. The molecule has 0 aliphatic heterocycles. The van der Waals surface area contributed by atoms with E-state index < -0.39 is 11.9 Å². The Morgan fingerprint density at radius 2 is 1.88 bits per heavy atom. The van der Waals surface area contributed by atoms with Crippen LogP contribution in [0.25, 0.3) is 10.1 Å². The third-order valence-corrected chi connectivity index (χ3v) is 5.05. The normalized spacial score (nSPS) is 11.9. The van der Waals surface area contributed by atoms with Crippen molar-refractivity contribution in [2.24, 2.45) is 0 Å². The molecule has 0 fully saturated rings. The smallest absolute Gasteiger partial charge is 0.433 e. The molecule has 6 heteroatoms. The molecule has 3 rings (SSSR count). The lowest BCUT2D eigenvalue weighted by molar-refractivity contribution is -0.141. The maximum absolute atomic E-state index is 12.7. The zero-order chi connectivity index (χ0) is 17.5. The van der Waals surface area contributed by atoms with Crippen LogP contribution >= 0.6 is 11.3 Å². The molecule has 0 saturated carbocycles. The SMILES string of the molecule is Cc1nc(C(F)(F)F)ccc1COc1cc(C)c2ccsc2c1C. The summed E-state index contributed by atoms with van der Waals surface area (Å²) < 4.78 is 45.1. The summed E-state index contributed by atoms with van der Waals surface area (Å²) in [5, 5.41) is 3.25. The van der Waals surface area contributed by atoms with Crippen molar-refractivity contribution < 1.29 is 17.9 Å². The fraction of sp³-hybridized carbons (Fsp3) is 0.278. The Labute approximate surface area is 141 Å². The highest BCUT2D eigenvalue weighted by Gasteiger charge is 2.32. The number of ether oxygens (including phenoxy) is 1. The van der Waals surface area contributed by atoms with E-state index in [1.165, 1.54) is 16.2 Å². The average Bonchev–Trinajstić information content (AvgIpc) is 3.00. The lowest BCUT2D eigenvalue weighted by atomic mass is 10.1. The number of aryl methyl sites for hydroxylation is 3. The zero-order valence-electron chi connectivity index (χ0n) is 13.5. The third kappa shape index (κ3) is 3.11. The predicted molar refractivity (Wildman–Crippen MR) is 89.6 cm³/mol. The van der Waals surface area contributed by atoms with Gasteiger partial charge in [-0.2, -0.15) is 13.2 Å². The summed E-state index contributed by atoms with van der Waals surface area (Å²) in [6, 6.07) is 6.47. The summed E-state index contributed by atoms with van der Waals surface area (Å²) in [7, 11) is 0. The molecule has 2 aromatic heterocycles. The number of thiophene rings is 1. The molecule has 126 valence electrons. The fourth-order valence-corrected chi connectivity index (χ4v) is 3.58. The van der Waals surface area contributed by atoms with Crippen molar-refractivity contribution in [3.63, 3.8) is 0 Å². The highest BCUT2D eigenvalue weighted by atomic mass is 32.1. The van der Waals surface area contributed by atoms with Crippen molar-refractivity contribution in [3.8, 4) is 5.75 Å². The molecule has 24 heavy (non-hydrogen) atoms. The van der Waals surface area contributed by atoms with Crippen LogP contribution in [-0.2, 0) is 12.8 Å². The molecule has 0 aliphatic carbocycles. The van der Waals surface area contributed by atoms with Gasteiger partial charge in [0, 0.05) is 21.5 Å². The molecular formula is C18H16F3NOS. The average molecular weight is 351 g/mol. The van der Waals surface area contributed by atoms with Crippen molar-refractivity contribution in [1.82, 2.24) is 4.98 Å². The van der Waals surface area contributed by atoms with Gasteiger partial charge in [0.05, 0.1) is 0 Å². The van der Waals surface area contributed by atoms with Crippen molar-refractivity contribution in [2.75, 3.05) is 0 Å². The molecule has 0 spiro atoms. The van der Waals surface area contributed by atoms with Crippen LogP contribution in [-0.4, -0.2) is 4.98 Å². The Balaban J connectivity index is 1.85. The first kappa shape index (κ1) is 16.8. The number of fused-ring (bicyclic) bond motifs is 1. The van der Waals surface area contributed by atoms with Gasteiger partial charge in [-0.25, -0.2) is 4.98 Å². The van der Waals surface area contributed by atoms with E-state index in [0.717, 1.165) is 22.9 Å². The highest BCUT2D eigenvalue weighted by Crippen LogP contribution is 2.34. The van der Waals surface area contributed by atoms with E-state index in [0.29, 0.717) is 11.3 Å². The van der Waals surface area contributed by atoms with Gasteiger partial charge in [0.15, 0.2) is 0 Å². The summed E-state index contributed by atoms with van der Waals surface area (Å²) in [5.74, 6) is 0.752. The largest absolute Gasteiger partial charge is 0.489 e. The maximum atomic E-state index is 12.7. The van der Waals surface area contributed by atoms with Crippen LogP contribution in [0.4, 0.5) is 13.2 Å². The highest BCUT2D eigenvalue weighted by molar-refractivity contribution is 7.17. The molecule has 1 aromatic carbocycles. The van der Waals surface area contributed by atoms with Crippen molar-refractivity contribution >= 4 is 21.4 Å². The minimum absolute atomic E-state index is 0.189. The Morgan fingerprint density at radius 1 is 1.12 bits per heavy atom. The topological polar surface area (TPSA) is 22.1 Å². The quantitative estimate of drug-likeness (QED) is 0.593. The molecule has 2 nitrogen and oxygen atoms in total. The molecular weight excluding hydrogens is 335 g/mol. The van der Waals surface area contributed by atoms with Gasteiger partial charge < -0.3 is 4.74 Å². The molecule has 0 saturated heterocycles. The van der Waals surface area contributed by atoms with Gasteiger partial charge >= 0.3 is 6.18 Å². The third-order valence-electron chi connectivity index (χ3n) is 4.02. The van der Waals surface area contributed by atoms with Gasteiger partial charge in [-0.15, -0.1) is 11.3 Å². The standard InChI is InChI=1S/C18H16F3NOS/c1-10-8-15(11(2)17-14(10)6-7-24-17)23-9-13-4-5-16(18(19,20)21)22-12(13)3/h4-8H,9H2,1-3H3. The number of nitrogens with zero attached hydrogens (tertiary/aromatic N) is 1. The summed E-state index contributed by atoms with van der Waals surface area (Å²) >= 11 is 1.65. The summed E-state index contributed by atoms with van der Waals surface area (Å²) in [5.41, 5.74) is 2.26.